The van der Waals surface area contributed by atoms with E-state index in [-0.39, 0.29) is 0 Å². The molecule has 0 spiro atoms. The fraction of sp³-hybridized carbons (Fsp3) is 0.333. The van der Waals surface area contributed by atoms with Crippen molar-refractivity contribution in [3.63, 3.8) is 0 Å². The third-order valence-electron chi connectivity index (χ3n) is 3.56. The van der Waals surface area contributed by atoms with Crippen LogP contribution in [-0.2, 0) is 13.0 Å². The number of methoxy groups -OCH3 is 1. The maximum atomic E-state index is 6.02. The molecule has 21 heavy (non-hydrogen) atoms. The molecule has 0 fully saturated rings. The van der Waals surface area contributed by atoms with Gasteiger partial charge in [0, 0.05) is 5.56 Å². The van der Waals surface area contributed by atoms with Crippen LogP contribution in [0.25, 0.3) is 0 Å². The van der Waals surface area contributed by atoms with Crippen LogP contribution in [0.1, 0.15) is 22.3 Å². The summed E-state index contributed by atoms with van der Waals surface area (Å²) in [5.41, 5.74) is 10.2. The second-order valence-corrected chi connectivity index (χ2v) is 5.19. The lowest BCUT2D eigenvalue weighted by molar-refractivity contribution is 0.293. The Morgan fingerprint density at radius 2 is 1.76 bits per heavy atom. The molecule has 2 aromatic rings. The molecule has 0 aliphatic rings. The number of para-hydroxylation sites is 1. The van der Waals surface area contributed by atoms with Gasteiger partial charge in [-0.05, 0) is 55.6 Å². The van der Waals surface area contributed by atoms with Crippen molar-refractivity contribution in [2.24, 2.45) is 5.73 Å². The van der Waals surface area contributed by atoms with Crippen molar-refractivity contribution in [1.82, 2.24) is 0 Å². The van der Waals surface area contributed by atoms with Gasteiger partial charge in [0.25, 0.3) is 0 Å². The molecular formula is C18H23NO2. The zero-order chi connectivity index (χ0) is 15.2. The van der Waals surface area contributed by atoms with E-state index in [0.717, 1.165) is 34.6 Å². The Balaban J connectivity index is 2.20. The Morgan fingerprint density at radius 3 is 2.38 bits per heavy atom. The van der Waals surface area contributed by atoms with Crippen LogP contribution < -0.4 is 15.2 Å². The number of nitrogens with two attached hydrogens (primary N) is 1. The summed E-state index contributed by atoms with van der Waals surface area (Å²) in [6, 6.07) is 12.3. The minimum Gasteiger partial charge on any atom is -0.496 e. The average molecular weight is 285 g/mol. The Morgan fingerprint density at radius 1 is 1.05 bits per heavy atom. The highest BCUT2D eigenvalue weighted by Crippen LogP contribution is 2.26. The molecular weight excluding hydrogens is 262 g/mol. The van der Waals surface area contributed by atoms with E-state index in [0.29, 0.717) is 13.2 Å². The lowest BCUT2D eigenvalue weighted by atomic mass is 10.1. The molecule has 3 nitrogen and oxygen atoms in total. The van der Waals surface area contributed by atoms with Crippen LogP contribution in [0.2, 0.25) is 0 Å². The van der Waals surface area contributed by atoms with Crippen molar-refractivity contribution in [3.8, 4) is 11.5 Å². The van der Waals surface area contributed by atoms with Crippen molar-refractivity contribution in [2.75, 3.05) is 13.7 Å². The van der Waals surface area contributed by atoms with Crippen LogP contribution >= 0.6 is 0 Å². The highest BCUT2D eigenvalue weighted by Gasteiger charge is 2.08. The number of aryl methyl sites for hydroxylation is 2. The molecule has 2 N–H and O–H groups in total. The maximum absolute atomic E-state index is 6.02. The van der Waals surface area contributed by atoms with Crippen molar-refractivity contribution >= 4 is 0 Å². The molecule has 0 unspecified atom stereocenters. The molecule has 0 saturated carbocycles. The molecule has 0 saturated heterocycles. The second-order valence-electron chi connectivity index (χ2n) is 5.19. The standard InChI is InChI=1S/C18H23NO2/c1-13-5-4-6-14(2)18(13)21-12-16-11-15(9-10-19)7-8-17(16)20-3/h4-8,11H,9-10,12,19H2,1-3H3. The number of benzene rings is 2. The number of hydrogen-bond donors (Lipinski definition) is 1. The van der Waals surface area contributed by atoms with Gasteiger partial charge < -0.3 is 15.2 Å². The Bertz CT molecular complexity index is 588. The van der Waals surface area contributed by atoms with Crippen molar-refractivity contribution in [1.29, 1.82) is 0 Å². The van der Waals surface area contributed by atoms with Crippen LogP contribution in [0.4, 0.5) is 0 Å². The average Bonchev–Trinajstić information content (AvgIpc) is 2.47. The molecule has 2 rings (SSSR count). The summed E-state index contributed by atoms with van der Waals surface area (Å²) in [5.74, 6) is 1.80. The van der Waals surface area contributed by atoms with Gasteiger partial charge in [0.05, 0.1) is 7.11 Å². The third kappa shape index (κ3) is 3.76. The highest BCUT2D eigenvalue weighted by molar-refractivity contribution is 5.41. The van der Waals surface area contributed by atoms with Crippen LogP contribution in [0.3, 0.4) is 0 Å². The van der Waals surface area contributed by atoms with Crippen LogP contribution in [-0.4, -0.2) is 13.7 Å². The fourth-order valence-corrected chi connectivity index (χ4v) is 2.44. The number of ether oxygens (including phenoxy) is 2. The number of rotatable bonds is 6. The maximum Gasteiger partial charge on any atom is 0.125 e. The Kier molecular flexibility index (Phi) is 5.23. The molecule has 0 bridgehead atoms. The van der Waals surface area contributed by atoms with E-state index < -0.39 is 0 Å². The summed E-state index contributed by atoms with van der Waals surface area (Å²) >= 11 is 0. The molecule has 0 amide bonds. The van der Waals surface area contributed by atoms with Crippen molar-refractivity contribution in [3.05, 3.63) is 58.7 Å². The van der Waals surface area contributed by atoms with Crippen LogP contribution in [0.15, 0.2) is 36.4 Å². The van der Waals surface area contributed by atoms with Gasteiger partial charge in [0.2, 0.25) is 0 Å². The van der Waals surface area contributed by atoms with Gasteiger partial charge in [-0.2, -0.15) is 0 Å². The monoisotopic (exact) mass is 285 g/mol. The zero-order valence-electron chi connectivity index (χ0n) is 13.0. The molecule has 0 atom stereocenters. The van der Waals surface area contributed by atoms with Crippen molar-refractivity contribution in [2.45, 2.75) is 26.9 Å². The van der Waals surface area contributed by atoms with E-state index in [2.05, 4.69) is 32.0 Å². The van der Waals surface area contributed by atoms with Crippen molar-refractivity contribution < 1.29 is 9.47 Å². The smallest absolute Gasteiger partial charge is 0.125 e. The second kappa shape index (κ2) is 7.14. The predicted molar refractivity (Wildman–Crippen MR) is 86.0 cm³/mol. The van der Waals surface area contributed by atoms with Gasteiger partial charge in [-0.3, -0.25) is 0 Å². The Labute approximate surface area is 126 Å². The molecule has 0 aromatic heterocycles. The molecule has 0 aliphatic heterocycles. The quantitative estimate of drug-likeness (QED) is 0.884. The largest absolute Gasteiger partial charge is 0.496 e. The molecule has 0 heterocycles. The lowest BCUT2D eigenvalue weighted by Crippen LogP contribution is -2.05. The molecule has 2 aromatic carbocycles. The summed E-state index contributed by atoms with van der Waals surface area (Å²) in [7, 11) is 1.68. The molecule has 112 valence electrons. The summed E-state index contributed by atoms with van der Waals surface area (Å²) in [5, 5.41) is 0. The molecule has 0 aliphatic carbocycles. The molecule has 0 radical (unpaired) electrons. The minimum atomic E-state index is 0.493. The normalized spacial score (nSPS) is 10.5. The van der Waals surface area contributed by atoms with E-state index in [4.69, 9.17) is 15.2 Å². The zero-order valence-corrected chi connectivity index (χ0v) is 13.0. The summed E-state index contributed by atoms with van der Waals surface area (Å²) in [6.45, 7) is 5.26. The van der Waals surface area contributed by atoms with Gasteiger partial charge in [-0.15, -0.1) is 0 Å². The van der Waals surface area contributed by atoms with Gasteiger partial charge in [-0.25, -0.2) is 0 Å². The first-order chi connectivity index (χ1) is 10.2. The van der Waals surface area contributed by atoms with Gasteiger partial charge in [-0.1, -0.05) is 24.3 Å². The van der Waals surface area contributed by atoms with Gasteiger partial charge >= 0.3 is 0 Å². The predicted octanol–water partition coefficient (Wildman–Crippen LogP) is 3.39. The third-order valence-corrected chi connectivity index (χ3v) is 3.56. The van der Waals surface area contributed by atoms with E-state index >= 15 is 0 Å². The highest BCUT2D eigenvalue weighted by atomic mass is 16.5. The molecule has 3 heteroatoms. The topological polar surface area (TPSA) is 44.5 Å². The van der Waals surface area contributed by atoms with E-state index in [1.807, 2.05) is 18.2 Å². The minimum absolute atomic E-state index is 0.493. The number of hydrogen-bond acceptors (Lipinski definition) is 3. The lowest BCUT2D eigenvalue weighted by Gasteiger charge is -2.15. The first-order valence-corrected chi connectivity index (χ1v) is 7.20. The first kappa shape index (κ1) is 15.4. The fourth-order valence-electron chi connectivity index (χ4n) is 2.44. The van der Waals surface area contributed by atoms with Gasteiger partial charge in [0.15, 0.2) is 0 Å². The SMILES string of the molecule is COc1ccc(CCN)cc1COc1c(C)cccc1C. The van der Waals surface area contributed by atoms with E-state index in [1.54, 1.807) is 7.11 Å². The van der Waals surface area contributed by atoms with E-state index in [9.17, 15) is 0 Å². The Hall–Kier alpha value is -2.00. The first-order valence-electron chi connectivity index (χ1n) is 7.20. The summed E-state index contributed by atoms with van der Waals surface area (Å²) < 4.78 is 11.4. The van der Waals surface area contributed by atoms with E-state index in [1.165, 1.54) is 5.56 Å². The van der Waals surface area contributed by atoms with Crippen LogP contribution in [0, 0.1) is 13.8 Å². The van der Waals surface area contributed by atoms with Gasteiger partial charge in [0.1, 0.15) is 18.1 Å². The van der Waals surface area contributed by atoms with Crippen LogP contribution in [0.5, 0.6) is 11.5 Å². The summed E-state index contributed by atoms with van der Waals surface area (Å²) in [6.07, 6.45) is 0.861. The summed E-state index contributed by atoms with van der Waals surface area (Å²) in [4.78, 5) is 0.